The van der Waals surface area contributed by atoms with Gasteiger partial charge in [-0.25, -0.2) is 9.18 Å². The number of dihydropyridines is 1. The standard InChI is InChI=1S/C23H26FN5O5/c1-28-20(31)10-13-2-3-16(24)15(21(13)28)7-9-25-8-6-14-11-29(23(32)34-14)18-5-4-17-22(26-18)27-19(30)12-33-17/h2-5,14,18,25-26H,6-12H2,1H3,(H,27,30). The third-order valence-electron chi connectivity index (χ3n) is 6.39. The minimum atomic E-state index is -0.450. The number of anilines is 1. The number of nitrogens with zero attached hydrogens (tertiary/aromatic N) is 2. The summed E-state index contributed by atoms with van der Waals surface area (Å²) >= 11 is 0. The number of allylic oxidation sites excluding steroid dienone is 1. The Bertz CT molecular complexity index is 1100. The number of hydrogen-bond donors (Lipinski definition) is 3. The Labute approximate surface area is 195 Å². The number of cyclic esters (lactones) is 1. The van der Waals surface area contributed by atoms with Gasteiger partial charge in [-0.1, -0.05) is 6.07 Å². The molecule has 1 saturated heterocycles. The van der Waals surface area contributed by atoms with Crippen molar-refractivity contribution in [1.29, 1.82) is 0 Å². The highest BCUT2D eigenvalue weighted by Crippen LogP contribution is 2.33. The van der Waals surface area contributed by atoms with Gasteiger partial charge in [0.25, 0.3) is 5.91 Å². The summed E-state index contributed by atoms with van der Waals surface area (Å²) in [5, 5.41) is 9.06. The average Bonchev–Trinajstić information content (AvgIpc) is 3.33. The molecule has 0 aromatic heterocycles. The molecule has 4 heterocycles. The Kier molecular flexibility index (Phi) is 5.86. The molecule has 2 unspecified atom stereocenters. The molecule has 0 aliphatic carbocycles. The van der Waals surface area contributed by atoms with Gasteiger partial charge in [-0.2, -0.15) is 0 Å². The van der Waals surface area contributed by atoms with Crippen molar-refractivity contribution >= 4 is 23.6 Å². The molecule has 0 radical (unpaired) electrons. The van der Waals surface area contributed by atoms with Crippen LogP contribution < -0.4 is 20.9 Å². The first kappa shape index (κ1) is 22.2. The zero-order chi connectivity index (χ0) is 23.8. The zero-order valence-corrected chi connectivity index (χ0v) is 18.7. The van der Waals surface area contributed by atoms with Gasteiger partial charge in [0.05, 0.1) is 18.7 Å². The fraction of sp³-hybridized carbons (Fsp3) is 0.435. The number of carbonyl (C=O) groups excluding carboxylic acids is 3. The number of likely N-dealkylation sites (N-methyl/N-ethyl adjacent to an activating group) is 1. The highest BCUT2D eigenvalue weighted by atomic mass is 19.1. The van der Waals surface area contributed by atoms with E-state index in [0.29, 0.717) is 61.7 Å². The molecule has 0 bridgehead atoms. The van der Waals surface area contributed by atoms with Crippen molar-refractivity contribution in [1.82, 2.24) is 20.9 Å². The number of fused-ring (bicyclic) bond motifs is 1. The molecule has 34 heavy (non-hydrogen) atoms. The maximum Gasteiger partial charge on any atom is 0.412 e. The van der Waals surface area contributed by atoms with E-state index in [1.54, 1.807) is 30.2 Å². The Morgan fingerprint density at radius 2 is 2.09 bits per heavy atom. The number of benzene rings is 1. The van der Waals surface area contributed by atoms with Crippen LogP contribution in [0.5, 0.6) is 0 Å². The molecule has 2 atom stereocenters. The Balaban J connectivity index is 1.09. The van der Waals surface area contributed by atoms with Crippen LogP contribution in [0.3, 0.4) is 0 Å². The summed E-state index contributed by atoms with van der Waals surface area (Å²) in [5.41, 5.74) is 2.08. The summed E-state index contributed by atoms with van der Waals surface area (Å²) in [6.07, 6.45) is 3.69. The van der Waals surface area contributed by atoms with Crippen molar-refractivity contribution in [2.24, 2.45) is 0 Å². The van der Waals surface area contributed by atoms with E-state index in [4.69, 9.17) is 9.47 Å². The summed E-state index contributed by atoms with van der Waals surface area (Å²) < 4.78 is 25.2. The summed E-state index contributed by atoms with van der Waals surface area (Å²) in [4.78, 5) is 39.0. The molecular weight excluding hydrogens is 445 g/mol. The van der Waals surface area contributed by atoms with Gasteiger partial charge >= 0.3 is 6.09 Å². The molecule has 11 heteroatoms. The van der Waals surface area contributed by atoms with E-state index >= 15 is 0 Å². The van der Waals surface area contributed by atoms with Crippen molar-refractivity contribution in [3.63, 3.8) is 0 Å². The SMILES string of the molecule is CN1C(=O)Cc2ccc(F)c(CCNCCC3CN(C4C=CC5=C(NC(=O)CO5)N4)C(=O)O3)c21. The molecule has 0 spiro atoms. The van der Waals surface area contributed by atoms with E-state index in [-0.39, 0.29) is 30.3 Å². The highest BCUT2D eigenvalue weighted by molar-refractivity contribution is 6.01. The van der Waals surface area contributed by atoms with Gasteiger partial charge in [0.2, 0.25) is 5.91 Å². The van der Waals surface area contributed by atoms with Gasteiger partial charge in [0.15, 0.2) is 18.2 Å². The van der Waals surface area contributed by atoms with Crippen molar-refractivity contribution in [2.45, 2.75) is 31.5 Å². The first-order valence-electron chi connectivity index (χ1n) is 11.3. The quantitative estimate of drug-likeness (QED) is 0.496. The van der Waals surface area contributed by atoms with Gasteiger partial charge in [0.1, 0.15) is 18.1 Å². The van der Waals surface area contributed by atoms with Gasteiger partial charge < -0.3 is 30.3 Å². The second-order valence-electron chi connectivity index (χ2n) is 8.63. The van der Waals surface area contributed by atoms with Crippen LogP contribution in [0, 0.1) is 5.82 Å². The maximum absolute atomic E-state index is 14.4. The van der Waals surface area contributed by atoms with Crippen molar-refractivity contribution < 1.29 is 28.2 Å². The molecule has 180 valence electrons. The van der Waals surface area contributed by atoms with Crippen molar-refractivity contribution in [3.8, 4) is 0 Å². The predicted molar refractivity (Wildman–Crippen MR) is 119 cm³/mol. The van der Waals surface area contributed by atoms with Crippen LogP contribution in [0.25, 0.3) is 0 Å². The van der Waals surface area contributed by atoms with Crippen LogP contribution in [0.1, 0.15) is 17.5 Å². The fourth-order valence-electron chi connectivity index (χ4n) is 4.63. The van der Waals surface area contributed by atoms with Crippen LogP contribution in [0.2, 0.25) is 0 Å². The number of nitrogens with one attached hydrogen (secondary N) is 3. The number of hydrogen-bond acceptors (Lipinski definition) is 7. The van der Waals surface area contributed by atoms with Gasteiger partial charge in [-0.05, 0) is 49.7 Å². The third-order valence-corrected chi connectivity index (χ3v) is 6.39. The van der Waals surface area contributed by atoms with Crippen LogP contribution >= 0.6 is 0 Å². The van der Waals surface area contributed by atoms with Gasteiger partial charge in [0, 0.05) is 12.6 Å². The smallest absolute Gasteiger partial charge is 0.412 e. The van der Waals surface area contributed by atoms with Gasteiger partial charge in [-0.15, -0.1) is 0 Å². The first-order chi connectivity index (χ1) is 16.4. The van der Waals surface area contributed by atoms with E-state index in [2.05, 4.69) is 16.0 Å². The van der Waals surface area contributed by atoms with Crippen LogP contribution in [0.4, 0.5) is 14.9 Å². The fourth-order valence-corrected chi connectivity index (χ4v) is 4.63. The Hall–Kier alpha value is -3.60. The number of carbonyl (C=O) groups is 3. The molecule has 3 N–H and O–H groups in total. The second-order valence-corrected chi connectivity index (χ2v) is 8.63. The summed E-state index contributed by atoms with van der Waals surface area (Å²) in [5.74, 6) is 0.365. The lowest BCUT2D eigenvalue weighted by atomic mass is 10.0. The number of ether oxygens (including phenoxy) is 2. The van der Waals surface area contributed by atoms with E-state index in [1.807, 2.05) is 0 Å². The number of halogens is 1. The van der Waals surface area contributed by atoms with E-state index in [1.165, 1.54) is 11.0 Å². The topological polar surface area (TPSA) is 112 Å². The molecule has 1 fully saturated rings. The summed E-state index contributed by atoms with van der Waals surface area (Å²) in [6, 6.07) is 3.09. The van der Waals surface area contributed by atoms with Crippen LogP contribution in [-0.4, -0.2) is 68.4 Å². The summed E-state index contributed by atoms with van der Waals surface area (Å²) in [6.45, 7) is 1.48. The highest BCUT2D eigenvalue weighted by Gasteiger charge is 2.37. The van der Waals surface area contributed by atoms with E-state index in [9.17, 15) is 18.8 Å². The molecule has 5 rings (SSSR count). The third kappa shape index (κ3) is 4.18. The molecule has 10 nitrogen and oxygen atoms in total. The minimum absolute atomic E-state index is 0.0318. The van der Waals surface area contributed by atoms with Crippen LogP contribution in [-0.2, 0) is 31.9 Å². The van der Waals surface area contributed by atoms with Crippen molar-refractivity contribution in [2.75, 3.05) is 38.2 Å². The molecule has 3 amide bonds. The molecule has 4 aliphatic heterocycles. The summed E-state index contributed by atoms with van der Waals surface area (Å²) in [7, 11) is 1.67. The Morgan fingerprint density at radius 3 is 2.94 bits per heavy atom. The van der Waals surface area contributed by atoms with Crippen LogP contribution in [0.15, 0.2) is 35.9 Å². The Morgan fingerprint density at radius 1 is 1.24 bits per heavy atom. The lowest BCUT2D eigenvalue weighted by molar-refractivity contribution is -0.125. The maximum atomic E-state index is 14.4. The average molecular weight is 471 g/mol. The lowest BCUT2D eigenvalue weighted by Crippen LogP contribution is -2.51. The second kappa shape index (κ2) is 8.98. The van der Waals surface area contributed by atoms with Gasteiger partial charge in [-0.3, -0.25) is 14.5 Å². The predicted octanol–water partition coefficient (Wildman–Crippen LogP) is 0.489. The minimum Gasteiger partial charge on any atom is -0.480 e. The molecule has 1 aromatic rings. The van der Waals surface area contributed by atoms with E-state index < -0.39 is 12.3 Å². The largest absolute Gasteiger partial charge is 0.480 e. The van der Waals surface area contributed by atoms with Crippen molar-refractivity contribution in [3.05, 3.63) is 52.8 Å². The lowest BCUT2D eigenvalue weighted by Gasteiger charge is -2.31. The first-order valence-corrected chi connectivity index (χ1v) is 11.3. The number of rotatable bonds is 7. The zero-order valence-electron chi connectivity index (χ0n) is 18.7. The molecule has 1 aromatic carbocycles. The number of amides is 3. The molecule has 0 saturated carbocycles. The molecular formula is C23H26FN5O5. The normalized spacial score (nSPS) is 23.4. The monoisotopic (exact) mass is 471 g/mol. The van der Waals surface area contributed by atoms with E-state index in [0.717, 1.165) is 5.56 Å². The molecule has 4 aliphatic rings.